The molecule has 0 aromatic rings. The summed E-state index contributed by atoms with van der Waals surface area (Å²) in [5.74, 6) is 0. The molecule has 0 aromatic heterocycles. The molecule has 0 amide bonds. The van der Waals surface area contributed by atoms with Crippen molar-refractivity contribution in [1.82, 2.24) is 4.90 Å². The van der Waals surface area contributed by atoms with E-state index in [1.165, 1.54) is 0 Å². The summed E-state index contributed by atoms with van der Waals surface area (Å²) in [6, 6.07) is 0.370. The van der Waals surface area contributed by atoms with Crippen LogP contribution in [0.2, 0.25) is 0 Å². The van der Waals surface area contributed by atoms with E-state index in [1.54, 1.807) is 7.11 Å². The lowest BCUT2D eigenvalue weighted by Gasteiger charge is -2.25. The van der Waals surface area contributed by atoms with Crippen LogP contribution < -0.4 is 0 Å². The van der Waals surface area contributed by atoms with Crippen molar-refractivity contribution in [3.8, 4) is 0 Å². The lowest BCUT2D eigenvalue weighted by molar-refractivity contribution is 0.0902. The molecule has 70 valence electrons. The SMILES string of the molecule is COCC(CCO)N1CC=CC1. The Labute approximate surface area is 73.6 Å². The Kier molecular flexibility index (Phi) is 4.29. The summed E-state index contributed by atoms with van der Waals surface area (Å²) in [4.78, 5) is 2.31. The molecular weight excluding hydrogens is 154 g/mol. The maximum absolute atomic E-state index is 8.82. The Bertz CT molecular complexity index is 133. The summed E-state index contributed by atoms with van der Waals surface area (Å²) >= 11 is 0. The van der Waals surface area contributed by atoms with E-state index in [1.807, 2.05) is 0 Å². The Balaban J connectivity index is 2.30. The molecule has 0 radical (unpaired) electrons. The van der Waals surface area contributed by atoms with Gasteiger partial charge in [0, 0.05) is 32.8 Å². The second kappa shape index (κ2) is 5.30. The van der Waals surface area contributed by atoms with E-state index < -0.39 is 0 Å². The minimum absolute atomic E-state index is 0.241. The van der Waals surface area contributed by atoms with Crippen molar-refractivity contribution < 1.29 is 9.84 Å². The predicted octanol–water partition coefficient (Wildman–Crippen LogP) is 0.256. The molecule has 0 fully saturated rings. The summed E-state index contributed by atoms with van der Waals surface area (Å²) in [5, 5.41) is 8.82. The van der Waals surface area contributed by atoms with Gasteiger partial charge in [0.05, 0.1) is 6.61 Å². The molecule has 1 rings (SSSR count). The fraction of sp³-hybridized carbons (Fsp3) is 0.778. The van der Waals surface area contributed by atoms with Gasteiger partial charge in [-0.3, -0.25) is 4.90 Å². The summed E-state index contributed by atoms with van der Waals surface area (Å²) in [6.07, 6.45) is 5.11. The van der Waals surface area contributed by atoms with Crippen LogP contribution in [0.5, 0.6) is 0 Å². The first-order valence-corrected chi connectivity index (χ1v) is 4.37. The quantitative estimate of drug-likeness (QED) is 0.602. The van der Waals surface area contributed by atoms with Gasteiger partial charge in [0.1, 0.15) is 0 Å². The van der Waals surface area contributed by atoms with Crippen molar-refractivity contribution in [3.05, 3.63) is 12.2 Å². The number of hydrogen-bond acceptors (Lipinski definition) is 3. The zero-order valence-corrected chi connectivity index (χ0v) is 7.57. The van der Waals surface area contributed by atoms with Crippen LogP contribution in [0.25, 0.3) is 0 Å². The van der Waals surface area contributed by atoms with Gasteiger partial charge in [0.2, 0.25) is 0 Å². The highest BCUT2D eigenvalue weighted by Gasteiger charge is 2.17. The number of hydrogen-bond donors (Lipinski definition) is 1. The maximum Gasteiger partial charge on any atom is 0.0619 e. The zero-order valence-electron chi connectivity index (χ0n) is 7.57. The van der Waals surface area contributed by atoms with Crippen molar-refractivity contribution >= 4 is 0 Å². The van der Waals surface area contributed by atoms with E-state index in [4.69, 9.17) is 9.84 Å². The highest BCUT2D eigenvalue weighted by atomic mass is 16.5. The third kappa shape index (κ3) is 2.59. The van der Waals surface area contributed by atoms with Crippen molar-refractivity contribution in [2.45, 2.75) is 12.5 Å². The smallest absolute Gasteiger partial charge is 0.0619 e. The largest absolute Gasteiger partial charge is 0.396 e. The van der Waals surface area contributed by atoms with Gasteiger partial charge in [0.15, 0.2) is 0 Å². The normalized spacial score (nSPS) is 20.2. The van der Waals surface area contributed by atoms with Crippen LogP contribution >= 0.6 is 0 Å². The average molecular weight is 171 g/mol. The highest BCUT2D eigenvalue weighted by Crippen LogP contribution is 2.08. The van der Waals surface area contributed by atoms with Crippen LogP contribution in [0.1, 0.15) is 6.42 Å². The first-order valence-electron chi connectivity index (χ1n) is 4.37. The molecule has 1 atom stereocenters. The molecule has 0 saturated heterocycles. The van der Waals surface area contributed by atoms with Gasteiger partial charge in [-0.15, -0.1) is 0 Å². The van der Waals surface area contributed by atoms with E-state index in [0.29, 0.717) is 12.6 Å². The minimum Gasteiger partial charge on any atom is -0.396 e. The first kappa shape index (κ1) is 9.71. The van der Waals surface area contributed by atoms with Crippen LogP contribution in [-0.2, 0) is 4.74 Å². The summed E-state index contributed by atoms with van der Waals surface area (Å²) in [7, 11) is 1.70. The highest BCUT2D eigenvalue weighted by molar-refractivity contribution is 4.97. The molecule has 0 aliphatic carbocycles. The molecule has 0 spiro atoms. The van der Waals surface area contributed by atoms with E-state index in [9.17, 15) is 0 Å². The Morgan fingerprint density at radius 3 is 2.67 bits per heavy atom. The van der Waals surface area contributed by atoms with E-state index in [2.05, 4.69) is 17.1 Å². The first-order chi connectivity index (χ1) is 5.88. The van der Waals surface area contributed by atoms with Crippen LogP contribution in [-0.4, -0.2) is 49.5 Å². The average Bonchev–Trinajstić information content (AvgIpc) is 2.56. The maximum atomic E-state index is 8.82. The standard InChI is InChI=1S/C9H17NO2/c1-12-8-9(4-7-11)10-5-2-3-6-10/h2-3,9,11H,4-8H2,1H3. The number of ether oxygens (including phenoxy) is 1. The second-order valence-corrected chi connectivity index (χ2v) is 3.05. The van der Waals surface area contributed by atoms with Gasteiger partial charge in [-0.25, -0.2) is 0 Å². The fourth-order valence-corrected chi connectivity index (χ4v) is 1.51. The molecule has 3 heteroatoms. The van der Waals surface area contributed by atoms with Gasteiger partial charge in [-0.05, 0) is 6.42 Å². The molecule has 1 unspecified atom stereocenters. The van der Waals surface area contributed by atoms with Crippen molar-refractivity contribution in [1.29, 1.82) is 0 Å². The fourth-order valence-electron chi connectivity index (χ4n) is 1.51. The summed E-state index contributed by atoms with van der Waals surface area (Å²) in [5.41, 5.74) is 0. The van der Waals surface area contributed by atoms with Gasteiger partial charge in [0.25, 0.3) is 0 Å². The molecule has 1 aliphatic heterocycles. The van der Waals surface area contributed by atoms with E-state index in [-0.39, 0.29) is 6.61 Å². The van der Waals surface area contributed by atoms with Gasteiger partial charge < -0.3 is 9.84 Å². The van der Waals surface area contributed by atoms with Crippen molar-refractivity contribution in [2.24, 2.45) is 0 Å². The predicted molar refractivity (Wildman–Crippen MR) is 48.1 cm³/mol. The van der Waals surface area contributed by atoms with Gasteiger partial charge in [-0.2, -0.15) is 0 Å². The third-order valence-electron chi connectivity index (χ3n) is 2.18. The van der Waals surface area contributed by atoms with Crippen LogP contribution in [0, 0.1) is 0 Å². The van der Waals surface area contributed by atoms with E-state index in [0.717, 1.165) is 19.5 Å². The minimum atomic E-state index is 0.241. The lowest BCUT2D eigenvalue weighted by atomic mass is 10.2. The van der Waals surface area contributed by atoms with Gasteiger partial charge in [-0.1, -0.05) is 12.2 Å². The zero-order chi connectivity index (χ0) is 8.81. The van der Waals surface area contributed by atoms with Crippen LogP contribution in [0.15, 0.2) is 12.2 Å². The van der Waals surface area contributed by atoms with Crippen LogP contribution in [0.3, 0.4) is 0 Å². The monoisotopic (exact) mass is 171 g/mol. The topological polar surface area (TPSA) is 32.7 Å². The van der Waals surface area contributed by atoms with Gasteiger partial charge >= 0.3 is 0 Å². The Morgan fingerprint density at radius 1 is 1.50 bits per heavy atom. The molecule has 0 aromatic carbocycles. The van der Waals surface area contributed by atoms with Crippen molar-refractivity contribution in [2.75, 3.05) is 33.4 Å². The number of aliphatic hydroxyl groups excluding tert-OH is 1. The number of rotatable bonds is 5. The molecule has 3 nitrogen and oxygen atoms in total. The second-order valence-electron chi connectivity index (χ2n) is 3.05. The molecule has 1 aliphatic rings. The molecule has 1 heterocycles. The molecular formula is C9H17NO2. The van der Waals surface area contributed by atoms with Crippen LogP contribution in [0.4, 0.5) is 0 Å². The number of aliphatic hydroxyl groups is 1. The molecule has 0 saturated carbocycles. The third-order valence-corrected chi connectivity index (χ3v) is 2.18. The summed E-state index contributed by atoms with van der Waals surface area (Å²) in [6.45, 7) is 2.94. The number of methoxy groups -OCH3 is 1. The van der Waals surface area contributed by atoms with Crippen molar-refractivity contribution in [3.63, 3.8) is 0 Å². The number of nitrogens with zero attached hydrogens (tertiary/aromatic N) is 1. The Morgan fingerprint density at radius 2 is 2.17 bits per heavy atom. The molecule has 12 heavy (non-hydrogen) atoms. The Hall–Kier alpha value is -0.380. The summed E-state index contributed by atoms with van der Waals surface area (Å²) < 4.78 is 5.09. The molecule has 1 N–H and O–H groups in total. The van der Waals surface area contributed by atoms with E-state index >= 15 is 0 Å². The lowest BCUT2D eigenvalue weighted by Crippen LogP contribution is -2.37. The molecule has 0 bridgehead atoms.